The van der Waals surface area contributed by atoms with Crippen LogP contribution in [0.3, 0.4) is 0 Å². The number of H-pyrrole nitrogens is 1. The average Bonchev–Trinajstić information content (AvgIpc) is 2.51. The zero-order valence-corrected chi connectivity index (χ0v) is 10.4. The van der Waals surface area contributed by atoms with Gasteiger partial charge in [-0.1, -0.05) is 11.6 Å². The van der Waals surface area contributed by atoms with E-state index in [0.717, 1.165) is 23.4 Å². The van der Waals surface area contributed by atoms with Gasteiger partial charge in [-0.3, -0.25) is 0 Å². The van der Waals surface area contributed by atoms with Gasteiger partial charge in [0, 0.05) is 27.7 Å². The van der Waals surface area contributed by atoms with Crippen LogP contribution in [0.4, 0.5) is 0 Å². The summed E-state index contributed by atoms with van der Waals surface area (Å²) in [5, 5.41) is 2.01. The molecule has 1 unspecified atom stereocenters. The molecule has 1 aromatic carbocycles. The van der Waals surface area contributed by atoms with Crippen LogP contribution in [-0.2, 0) is 6.42 Å². The molecule has 0 spiro atoms. The summed E-state index contributed by atoms with van der Waals surface area (Å²) < 4.78 is 0. The van der Waals surface area contributed by atoms with E-state index in [-0.39, 0.29) is 6.04 Å². The van der Waals surface area contributed by atoms with Crippen molar-refractivity contribution in [2.24, 2.45) is 5.73 Å². The summed E-state index contributed by atoms with van der Waals surface area (Å²) in [6.45, 7) is 4.14. The fourth-order valence-electron chi connectivity index (χ4n) is 2.05. The number of rotatable bonds is 3. The highest BCUT2D eigenvalue weighted by atomic mass is 35.5. The minimum Gasteiger partial charge on any atom is -0.358 e. The van der Waals surface area contributed by atoms with Crippen molar-refractivity contribution in [3.05, 3.63) is 34.5 Å². The van der Waals surface area contributed by atoms with Gasteiger partial charge in [0.15, 0.2) is 0 Å². The maximum atomic E-state index is 6.02. The minimum atomic E-state index is 0.239. The average molecular weight is 237 g/mol. The molecule has 16 heavy (non-hydrogen) atoms. The van der Waals surface area contributed by atoms with Crippen molar-refractivity contribution in [3.8, 4) is 0 Å². The molecule has 0 radical (unpaired) electrons. The summed E-state index contributed by atoms with van der Waals surface area (Å²) in [7, 11) is 0. The minimum absolute atomic E-state index is 0.239. The Labute approximate surface area is 101 Å². The van der Waals surface area contributed by atoms with Crippen LogP contribution >= 0.6 is 11.6 Å². The van der Waals surface area contributed by atoms with E-state index in [4.69, 9.17) is 17.3 Å². The number of aromatic amines is 1. The van der Waals surface area contributed by atoms with Crippen LogP contribution in [0, 0.1) is 6.92 Å². The molecule has 2 aromatic rings. The summed E-state index contributed by atoms with van der Waals surface area (Å²) in [4.78, 5) is 3.38. The molecule has 1 atom stereocenters. The van der Waals surface area contributed by atoms with Crippen LogP contribution < -0.4 is 5.73 Å². The topological polar surface area (TPSA) is 41.8 Å². The predicted molar refractivity (Wildman–Crippen MR) is 70.0 cm³/mol. The van der Waals surface area contributed by atoms with Crippen LogP contribution in [-0.4, -0.2) is 11.0 Å². The van der Waals surface area contributed by atoms with Crippen molar-refractivity contribution in [1.82, 2.24) is 4.98 Å². The van der Waals surface area contributed by atoms with Gasteiger partial charge in [-0.05, 0) is 50.5 Å². The lowest BCUT2D eigenvalue weighted by atomic mass is 10.0. The Kier molecular flexibility index (Phi) is 3.22. The van der Waals surface area contributed by atoms with E-state index in [2.05, 4.69) is 11.9 Å². The van der Waals surface area contributed by atoms with Crippen molar-refractivity contribution in [2.45, 2.75) is 32.7 Å². The van der Waals surface area contributed by atoms with Crippen LogP contribution in [0.15, 0.2) is 18.2 Å². The highest BCUT2D eigenvalue weighted by molar-refractivity contribution is 6.31. The molecule has 0 saturated carbocycles. The standard InChI is InChI=1S/C13H17ClN2/c1-8(15)3-5-11-9(2)16-13-6-4-10(14)7-12(11)13/h4,6-8,16H,3,5,15H2,1-2H3. The first-order valence-electron chi connectivity index (χ1n) is 5.60. The van der Waals surface area contributed by atoms with Gasteiger partial charge >= 0.3 is 0 Å². The molecular weight excluding hydrogens is 220 g/mol. The summed E-state index contributed by atoms with van der Waals surface area (Å²) in [6, 6.07) is 6.20. The van der Waals surface area contributed by atoms with E-state index < -0.39 is 0 Å². The maximum absolute atomic E-state index is 6.02. The molecule has 0 amide bonds. The molecule has 0 saturated heterocycles. The number of nitrogens with one attached hydrogen (secondary N) is 1. The Hall–Kier alpha value is -0.990. The lowest BCUT2D eigenvalue weighted by Crippen LogP contribution is -2.15. The van der Waals surface area contributed by atoms with Crippen LogP contribution in [0.25, 0.3) is 10.9 Å². The van der Waals surface area contributed by atoms with E-state index in [0.29, 0.717) is 0 Å². The van der Waals surface area contributed by atoms with Crippen molar-refractivity contribution < 1.29 is 0 Å². The first-order chi connectivity index (χ1) is 7.58. The largest absolute Gasteiger partial charge is 0.358 e. The van der Waals surface area contributed by atoms with Gasteiger partial charge in [0.05, 0.1) is 0 Å². The van der Waals surface area contributed by atoms with Crippen molar-refractivity contribution in [1.29, 1.82) is 0 Å². The second kappa shape index (κ2) is 4.48. The molecule has 3 heteroatoms. The Bertz CT molecular complexity index is 500. The number of benzene rings is 1. The van der Waals surface area contributed by atoms with E-state index in [9.17, 15) is 0 Å². The summed E-state index contributed by atoms with van der Waals surface area (Å²) in [5.74, 6) is 0. The lowest BCUT2D eigenvalue weighted by Gasteiger charge is -2.05. The second-order valence-corrected chi connectivity index (χ2v) is 4.87. The van der Waals surface area contributed by atoms with Crippen LogP contribution in [0.2, 0.25) is 5.02 Å². The highest BCUT2D eigenvalue weighted by Gasteiger charge is 2.09. The van der Waals surface area contributed by atoms with Gasteiger partial charge < -0.3 is 10.7 Å². The van der Waals surface area contributed by atoms with Gasteiger partial charge in [-0.2, -0.15) is 0 Å². The summed E-state index contributed by atoms with van der Waals surface area (Å²) >= 11 is 6.02. The molecule has 2 rings (SSSR count). The van der Waals surface area contributed by atoms with E-state index >= 15 is 0 Å². The number of fused-ring (bicyclic) bond motifs is 1. The quantitative estimate of drug-likeness (QED) is 0.843. The monoisotopic (exact) mass is 236 g/mol. The zero-order chi connectivity index (χ0) is 11.7. The van der Waals surface area contributed by atoms with Gasteiger partial charge in [-0.15, -0.1) is 0 Å². The molecule has 0 aliphatic rings. The highest BCUT2D eigenvalue weighted by Crippen LogP contribution is 2.26. The summed E-state index contributed by atoms with van der Waals surface area (Å²) in [5.41, 5.74) is 9.51. The predicted octanol–water partition coefficient (Wildman–Crippen LogP) is 3.41. The molecule has 3 N–H and O–H groups in total. The van der Waals surface area contributed by atoms with Gasteiger partial charge in [0.25, 0.3) is 0 Å². The number of hydrogen-bond donors (Lipinski definition) is 2. The number of aryl methyl sites for hydroxylation is 2. The third-order valence-corrected chi connectivity index (χ3v) is 3.17. The fourth-order valence-corrected chi connectivity index (χ4v) is 2.22. The van der Waals surface area contributed by atoms with Gasteiger partial charge in [0.1, 0.15) is 0 Å². The van der Waals surface area contributed by atoms with Gasteiger partial charge in [-0.25, -0.2) is 0 Å². The van der Waals surface area contributed by atoms with Crippen molar-refractivity contribution >= 4 is 22.5 Å². The number of aromatic nitrogens is 1. The van der Waals surface area contributed by atoms with Crippen LogP contribution in [0.1, 0.15) is 24.6 Å². The first kappa shape index (κ1) is 11.5. The Morgan fingerprint density at radius 2 is 2.19 bits per heavy atom. The van der Waals surface area contributed by atoms with Crippen LogP contribution in [0.5, 0.6) is 0 Å². The molecule has 0 aliphatic carbocycles. The van der Waals surface area contributed by atoms with Crippen molar-refractivity contribution in [2.75, 3.05) is 0 Å². The number of nitrogens with two attached hydrogens (primary N) is 1. The molecule has 0 fully saturated rings. The second-order valence-electron chi connectivity index (χ2n) is 4.43. The number of halogens is 1. The number of hydrogen-bond acceptors (Lipinski definition) is 1. The van der Waals surface area contributed by atoms with E-state index in [1.54, 1.807) is 0 Å². The molecule has 1 aromatic heterocycles. The lowest BCUT2D eigenvalue weighted by molar-refractivity contribution is 0.666. The SMILES string of the molecule is Cc1[nH]c2ccc(Cl)cc2c1CCC(C)N. The third-order valence-electron chi connectivity index (χ3n) is 2.93. The van der Waals surface area contributed by atoms with E-state index in [1.807, 2.05) is 25.1 Å². The molecule has 86 valence electrons. The molecule has 0 aliphatic heterocycles. The molecular formula is C13H17ClN2. The zero-order valence-electron chi connectivity index (χ0n) is 9.68. The first-order valence-corrected chi connectivity index (χ1v) is 5.98. The maximum Gasteiger partial charge on any atom is 0.0459 e. The molecule has 1 heterocycles. The third kappa shape index (κ3) is 2.23. The normalized spacial score (nSPS) is 13.2. The van der Waals surface area contributed by atoms with E-state index in [1.165, 1.54) is 16.6 Å². The van der Waals surface area contributed by atoms with Gasteiger partial charge in [0.2, 0.25) is 0 Å². The fraction of sp³-hybridized carbons (Fsp3) is 0.385. The Balaban J connectivity index is 2.42. The Morgan fingerprint density at radius 1 is 1.44 bits per heavy atom. The molecule has 0 bridgehead atoms. The van der Waals surface area contributed by atoms with Crippen molar-refractivity contribution in [3.63, 3.8) is 0 Å². The Morgan fingerprint density at radius 3 is 2.88 bits per heavy atom. The molecule has 2 nitrogen and oxygen atoms in total. The smallest absolute Gasteiger partial charge is 0.0459 e. The summed E-state index contributed by atoms with van der Waals surface area (Å²) in [6.07, 6.45) is 2.00.